The van der Waals surface area contributed by atoms with Crippen molar-refractivity contribution in [3.63, 3.8) is 0 Å². The third-order valence-electron chi connectivity index (χ3n) is 5.31. The Kier molecular flexibility index (Phi) is 4.02. The van der Waals surface area contributed by atoms with Crippen LogP contribution < -0.4 is 0 Å². The number of nitrogens with zero attached hydrogens (tertiary/aromatic N) is 3. The van der Waals surface area contributed by atoms with Gasteiger partial charge in [-0.2, -0.15) is 10.2 Å². The van der Waals surface area contributed by atoms with Gasteiger partial charge in [-0.05, 0) is 24.5 Å². The quantitative estimate of drug-likeness (QED) is 0.810. The molecule has 1 aliphatic heterocycles. The Balaban J connectivity index is 1.65. The van der Waals surface area contributed by atoms with Crippen LogP contribution >= 0.6 is 0 Å². The van der Waals surface area contributed by atoms with Crippen LogP contribution in [0.4, 0.5) is 0 Å². The van der Waals surface area contributed by atoms with Crippen molar-refractivity contribution in [1.82, 2.24) is 14.8 Å². The van der Waals surface area contributed by atoms with E-state index in [0.29, 0.717) is 12.5 Å². The van der Waals surface area contributed by atoms with E-state index in [9.17, 15) is 4.79 Å². The van der Waals surface area contributed by atoms with E-state index in [1.807, 2.05) is 13.2 Å². The van der Waals surface area contributed by atoms with E-state index < -0.39 is 6.10 Å². The lowest BCUT2D eigenvalue weighted by Crippen LogP contribution is -2.23. The second-order valence-electron chi connectivity index (χ2n) is 6.76. The summed E-state index contributed by atoms with van der Waals surface area (Å²) in [5.74, 6) is -0.318. The number of benzene rings is 1. The first-order valence-corrected chi connectivity index (χ1v) is 8.62. The summed E-state index contributed by atoms with van der Waals surface area (Å²) in [6, 6.07) is 6.98. The van der Waals surface area contributed by atoms with Gasteiger partial charge in [0.1, 0.15) is 0 Å². The number of ether oxygens (including phenoxy) is 1. The Hall–Kier alpha value is -1.92. The van der Waals surface area contributed by atoms with Crippen molar-refractivity contribution in [3.8, 4) is 0 Å². The minimum atomic E-state index is -0.527. The summed E-state index contributed by atoms with van der Waals surface area (Å²) in [5.41, 5.74) is 2.32. The molecule has 2 aromatic rings. The molecular weight excluding hydrogens is 306 g/mol. The van der Waals surface area contributed by atoms with E-state index in [1.165, 1.54) is 38.3 Å². The van der Waals surface area contributed by atoms with Crippen molar-refractivity contribution in [2.45, 2.75) is 50.3 Å². The van der Waals surface area contributed by atoms with Crippen molar-refractivity contribution in [2.24, 2.45) is 0 Å². The number of carbonyl (C=O) groups excluding carboxylic acids is 1. The molecule has 1 aromatic heterocycles. The van der Waals surface area contributed by atoms with Crippen LogP contribution in [0.25, 0.3) is 10.9 Å². The van der Waals surface area contributed by atoms with Crippen LogP contribution in [-0.2, 0) is 14.4 Å². The molecule has 2 fully saturated rings. The van der Waals surface area contributed by atoms with Gasteiger partial charge in [0.2, 0.25) is 0 Å². The second-order valence-corrected chi connectivity index (χ2v) is 6.76. The summed E-state index contributed by atoms with van der Waals surface area (Å²) in [4.78, 5) is 17.4. The maximum atomic E-state index is 11.7. The van der Waals surface area contributed by atoms with Gasteiger partial charge >= 0.3 is 5.97 Å². The van der Waals surface area contributed by atoms with Crippen molar-refractivity contribution in [1.29, 1.82) is 0 Å². The molecule has 0 radical (unpaired) electrons. The smallest absolute Gasteiger partial charge is 0.337 e. The van der Waals surface area contributed by atoms with E-state index >= 15 is 0 Å². The third kappa shape index (κ3) is 2.59. The third-order valence-corrected chi connectivity index (χ3v) is 5.31. The SMILES string of the molecule is COC(=O)C1CC(c2ccc3cnn(C4CCCC4)c3c2)N(C)O1. The first kappa shape index (κ1) is 15.6. The van der Waals surface area contributed by atoms with Gasteiger partial charge in [0.25, 0.3) is 0 Å². The maximum absolute atomic E-state index is 11.7. The fourth-order valence-electron chi connectivity index (χ4n) is 3.99. The van der Waals surface area contributed by atoms with Crippen LogP contribution in [0.2, 0.25) is 0 Å². The maximum Gasteiger partial charge on any atom is 0.337 e. The molecule has 2 aliphatic rings. The fourth-order valence-corrected chi connectivity index (χ4v) is 3.99. The molecule has 0 N–H and O–H groups in total. The normalized spacial score (nSPS) is 25.6. The van der Waals surface area contributed by atoms with E-state index in [4.69, 9.17) is 9.57 Å². The lowest BCUT2D eigenvalue weighted by molar-refractivity contribution is -0.179. The van der Waals surface area contributed by atoms with Crippen LogP contribution in [-0.4, -0.2) is 41.1 Å². The predicted octanol–water partition coefficient (Wildman–Crippen LogP) is 3.00. The van der Waals surface area contributed by atoms with Crippen molar-refractivity contribution in [3.05, 3.63) is 30.0 Å². The Bertz CT molecular complexity index is 751. The number of hydrogen-bond donors (Lipinski definition) is 0. The van der Waals surface area contributed by atoms with Crippen LogP contribution in [0.1, 0.15) is 49.8 Å². The second kappa shape index (κ2) is 6.18. The van der Waals surface area contributed by atoms with E-state index in [1.54, 1.807) is 5.06 Å². The summed E-state index contributed by atoms with van der Waals surface area (Å²) in [6.45, 7) is 0. The zero-order valence-electron chi connectivity index (χ0n) is 14.1. The van der Waals surface area contributed by atoms with Gasteiger partial charge in [0.15, 0.2) is 6.10 Å². The number of hydroxylamine groups is 2. The van der Waals surface area contributed by atoms with Gasteiger partial charge in [-0.1, -0.05) is 25.0 Å². The molecule has 0 amide bonds. The minimum Gasteiger partial charge on any atom is -0.467 e. The predicted molar refractivity (Wildman–Crippen MR) is 89.2 cm³/mol. The van der Waals surface area contributed by atoms with E-state index in [-0.39, 0.29) is 12.0 Å². The van der Waals surface area contributed by atoms with Gasteiger partial charge in [-0.15, -0.1) is 0 Å². The Morgan fingerprint density at radius 3 is 2.88 bits per heavy atom. The highest BCUT2D eigenvalue weighted by Gasteiger charge is 2.37. The van der Waals surface area contributed by atoms with Crippen molar-refractivity contribution in [2.75, 3.05) is 14.2 Å². The monoisotopic (exact) mass is 329 g/mol. The topological polar surface area (TPSA) is 56.6 Å². The molecular formula is C18H23N3O3. The van der Waals surface area contributed by atoms with Crippen LogP contribution in [0, 0.1) is 0 Å². The molecule has 6 nitrogen and oxygen atoms in total. The number of esters is 1. The molecule has 1 saturated carbocycles. The molecule has 128 valence electrons. The number of rotatable bonds is 3. The summed E-state index contributed by atoms with van der Waals surface area (Å²) >= 11 is 0. The Morgan fingerprint density at radius 1 is 1.33 bits per heavy atom. The highest BCUT2D eigenvalue weighted by molar-refractivity contribution is 5.80. The molecule has 0 spiro atoms. The lowest BCUT2D eigenvalue weighted by atomic mass is 10.0. The first-order chi connectivity index (χ1) is 11.7. The molecule has 0 bridgehead atoms. The van der Waals surface area contributed by atoms with Crippen LogP contribution in [0.5, 0.6) is 0 Å². The van der Waals surface area contributed by atoms with Gasteiger partial charge in [-0.3, -0.25) is 9.52 Å². The minimum absolute atomic E-state index is 0.0467. The van der Waals surface area contributed by atoms with Gasteiger partial charge in [-0.25, -0.2) is 4.79 Å². The Morgan fingerprint density at radius 2 is 2.12 bits per heavy atom. The summed E-state index contributed by atoms with van der Waals surface area (Å²) < 4.78 is 6.99. The standard InChI is InChI=1S/C18H23N3O3/c1-20-15(10-17(24-20)18(22)23-2)12-7-8-13-11-19-21(16(13)9-12)14-5-3-4-6-14/h7-9,11,14-15,17H,3-6,10H2,1-2H3. The molecule has 2 atom stereocenters. The molecule has 4 rings (SSSR count). The zero-order chi connectivity index (χ0) is 16.7. The largest absolute Gasteiger partial charge is 0.467 e. The van der Waals surface area contributed by atoms with Crippen LogP contribution in [0.15, 0.2) is 24.4 Å². The molecule has 6 heteroatoms. The molecule has 1 aromatic carbocycles. The van der Waals surface area contributed by atoms with Gasteiger partial charge < -0.3 is 4.74 Å². The average Bonchev–Trinajstić information content (AvgIpc) is 3.32. The zero-order valence-corrected chi connectivity index (χ0v) is 14.1. The van der Waals surface area contributed by atoms with E-state index in [0.717, 1.165) is 10.9 Å². The lowest BCUT2D eigenvalue weighted by Gasteiger charge is -2.18. The van der Waals surface area contributed by atoms with Gasteiger partial charge in [0.05, 0.1) is 30.9 Å². The summed E-state index contributed by atoms with van der Waals surface area (Å²) in [7, 11) is 3.26. The Labute approximate surface area is 141 Å². The number of hydrogen-bond acceptors (Lipinski definition) is 5. The van der Waals surface area contributed by atoms with E-state index in [2.05, 4.69) is 28.0 Å². The molecule has 24 heavy (non-hydrogen) atoms. The summed E-state index contributed by atoms with van der Waals surface area (Å²) in [5, 5.41) is 7.54. The number of fused-ring (bicyclic) bond motifs is 1. The van der Waals surface area contributed by atoms with Crippen molar-refractivity contribution < 1.29 is 14.4 Å². The fraction of sp³-hybridized carbons (Fsp3) is 0.556. The molecule has 1 saturated heterocycles. The molecule has 1 aliphatic carbocycles. The highest BCUT2D eigenvalue weighted by atomic mass is 16.7. The number of carbonyl (C=O) groups is 1. The highest BCUT2D eigenvalue weighted by Crippen LogP contribution is 2.36. The molecule has 2 unspecified atom stereocenters. The van der Waals surface area contributed by atoms with Crippen LogP contribution in [0.3, 0.4) is 0 Å². The first-order valence-electron chi connectivity index (χ1n) is 8.62. The number of aromatic nitrogens is 2. The van der Waals surface area contributed by atoms with Gasteiger partial charge in [0, 0.05) is 18.9 Å². The number of methoxy groups -OCH3 is 1. The average molecular weight is 329 g/mol. The molecule has 2 heterocycles. The van der Waals surface area contributed by atoms with Crippen molar-refractivity contribution >= 4 is 16.9 Å². The summed E-state index contributed by atoms with van der Waals surface area (Å²) in [6.07, 6.45) is 7.00.